The third kappa shape index (κ3) is 2.49. The molecule has 2 fully saturated rings. The maximum atomic E-state index is 11.8. The molecule has 4 nitrogen and oxygen atoms in total. The fourth-order valence-electron chi connectivity index (χ4n) is 3.00. The minimum atomic E-state index is 0.239. The van der Waals surface area contributed by atoms with E-state index in [1.54, 1.807) is 0 Å². The minimum Gasteiger partial charge on any atom is -0.367 e. The van der Waals surface area contributed by atoms with Gasteiger partial charge >= 0.3 is 0 Å². The Morgan fingerprint density at radius 1 is 1.37 bits per heavy atom. The number of carbonyl (C=O) groups is 1. The molecule has 0 spiro atoms. The molecule has 19 heavy (non-hydrogen) atoms. The van der Waals surface area contributed by atoms with E-state index in [4.69, 9.17) is 0 Å². The number of anilines is 1. The van der Waals surface area contributed by atoms with Crippen molar-refractivity contribution in [2.24, 2.45) is 0 Å². The van der Waals surface area contributed by atoms with Gasteiger partial charge < -0.3 is 15.1 Å². The summed E-state index contributed by atoms with van der Waals surface area (Å²) >= 11 is 3.50. The Bertz CT molecular complexity index is 505. The standard InChI is InChI=1S/C14H18BrN3O/c1-10-6-11(15)2-3-13(10)17-4-5-18-12(9-17)7-16-8-14(18)19/h2-3,6,12,16H,4-5,7-9H2,1H3. The van der Waals surface area contributed by atoms with E-state index in [0.717, 1.165) is 30.7 Å². The van der Waals surface area contributed by atoms with Gasteiger partial charge in [-0.25, -0.2) is 0 Å². The quantitative estimate of drug-likeness (QED) is 0.848. The molecule has 1 N–H and O–H groups in total. The summed E-state index contributed by atoms with van der Waals surface area (Å²) in [6.45, 7) is 6.20. The lowest BCUT2D eigenvalue weighted by Gasteiger charge is -2.45. The fraction of sp³-hybridized carbons (Fsp3) is 0.500. The third-order valence-corrected chi connectivity index (χ3v) is 4.45. The predicted molar refractivity (Wildman–Crippen MR) is 79.5 cm³/mol. The molecule has 1 aromatic rings. The molecule has 2 aliphatic heterocycles. The van der Waals surface area contributed by atoms with Gasteiger partial charge in [-0.1, -0.05) is 15.9 Å². The van der Waals surface area contributed by atoms with Gasteiger partial charge in [0.05, 0.1) is 12.6 Å². The molecular weight excluding hydrogens is 306 g/mol. The van der Waals surface area contributed by atoms with Gasteiger partial charge in [-0.05, 0) is 30.7 Å². The van der Waals surface area contributed by atoms with Crippen molar-refractivity contribution in [3.63, 3.8) is 0 Å². The summed E-state index contributed by atoms with van der Waals surface area (Å²) < 4.78 is 1.11. The van der Waals surface area contributed by atoms with Gasteiger partial charge in [0.25, 0.3) is 0 Å². The van der Waals surface area contributed by atoms with Crippen molar-refractivity contribution in [3.8, 4) is 0 Å². The van der Waals surface area contributed by atoms with E-state index in [1.165, 1.54) is 11.3 Å². The topological polar surface area (TPSA) is 35.6 Å². The zero-order chi connectivity index (χ0) is 13.4. The first kappa shape index (κ1) is 12.9. The van der Waals surface area contributed by atoms with Gasteiger partial charge in [0.15, 0.2) is 0 Å². The van der Waals surface area contributed by atoms with Crippen LogP contribution in [-0.4, -0.2) is 49.6 Å². The Balaban J connectivity index is 1.79. The van der Waals surface area contributed by atoms with Crippen LogP contribution in [0.1, 0.15) is 5.56 Å². The van der Waals surface area contributed by atoms with Crippen LogP contribution in [-0.2, 0) is 4.79 Å². The van der Waals surface area contributed by atoms with Crippen molar-refractivity contribution in [1.29, 1.82) is 0 Å². The number of hydrogen-bond donors (Lipinski definition) is 1. The lowest BCUT2D eigenvalue weighted by molar-refractivity contribution is -0.135. The van der Waals surface area contributed by atoms with Gasteiger partial charge in [0, 0.05) is 36.3 Å². The Labute approximate surface area is 121 Å². The minimum absolute atomic E-state index is 0.239. The molecule has 3 rings (SSSR count). The SMILES string of the molecule is Cc1cc(Br)ccc1N1CCN2C(=O)CNCC2C1. The number of aryl methyl sites for hydroxylation is 1. The summed E-state index contributed by atoms with van der Waals surface area (Å²) in [5.74, 6) is 0.239. The highest BCUT2D eigenvalue weighted by Gasteiger charge is 2.33. The van der Waals surface area contributed by atoms with Crippen molar-refractivity contribution in [2.45, 2.75) is 13.0 Å². The molecule has 2 heterocycles. The smallest absolute Gasteiger partial charge is 0.236 e. The molecule has 0 aliphatic carbocycles. The van der Waals surface area contributed by atoms with Gasteiger partial charge in [-0.15, -0.1) is 0 Å². The number of benzene rings is 1. The summed E-state index contributed by atoms with van der Waals surface area (Å²) in [7, 11) is 0. The van der Waals surface area contributed by atoms with E-state index in [2.05, 4.69) is 51.3 Å². The fourth-order valence-corrected chi connectivity index (χ4v) is 3.47. The Morgan fingerprint density at radius 3 is 3.00 bits per heavy atom. The zero-order valence-corrected chi connectivity index (χ0v) is 12.6. The lowest BCUT2D eigenvalue weighted by atomic mass is 10.1. The van der Waals surface area contributed by atoms with Crippen LogP contribution in [0, 0.1) is 6.92 Å². The molecule has 0 aromatic heterocycles. The second-order valence-corrected chi connectivity index (χ2v) is 6.16. The summed E-state index contributed by atoms with van der Waals surface area (Å²) in [5, 5.41) is 3.20. The van der Waals surface area contributed by atoms with E-state index < -0.39 is 0 Å². The van der Waals surface area contributed by atoms with Crippen LogP contribution in [0.4, 0.5) is 5.69 Å². The van der Waals surface area contributed by atoms with Crippen molar-refractivity contribution in [2.75, 3.05) is 37.6 Å². The van der Waals surface area contributed by atoms with Gasteiger partial charge in [-0.3, -0.25) is 4.79 Å². The number of piperazine rings is 2. The van der Waals surface area contributed by atoms with E-state index in [0.29, 0.717) is 12.6 Å². The van der Waals surface area contributed by atoms with E-state index in [1.807, 2.05) is 4.90 Å². The number of hydrogen-bond acceptors (Lipinski definition) is 3. The molecule has 102 valence electrons. The number of nitrogens with zero attached hydrogens (tertiary/aromatic N) is 2. The molecule has 0 bridgehead atoms. The molecule has 1 amide bonds. The molecule has 1 aromatic carbocycles. The van der Waals surface area contributed by atoms with Crippen LogP contribution in [0.3, 0.4) is 0 Å². The van der Waals surface area contributed by atoms with Gasteiger partial charge in [0.1, 0.15) is 0 Å². The van der Waals surface area contributed by atoms with Crippen molar-refractivity contribution in [1.82, 2.24) is 10.2 Å². The number of rotatable bonds is 1. The van der Waals surface area contributed by atoms with Crippen LogP contribution in [0.25, 0.3) is 0 Å². The molecular formula is C14H18BrN3O. The number of fused-ring (bicyclic) bond motifs is 1. The van der Waals surface area contributed by atoms with Gasteiger partial charge in [0.2, 0.25) is 5.91 Å². The number of halogens is 1. The first-order valence-electron chi connectivity index (χ1n) is 6.66. The molecule has 0 radical (unpaired) electrons. The second-order valence-electron chi connectivity index (χ2n) is 5.25. The number of nitrogens with one attached hydrogen (secondary N) is 1. The highest BCUT2D eigenvalue weighted by molar-refractivity contribution is 9.10. The molecule has 0 saturated carbocycles. The Morgan fingerprint density at radius 2 is 2.21 bits per heavy atom. The largest absolute Gasteiger partial charge is 0.367 e. The monoisotopic (exact) mass is 323 g/mol. The van der Waals surface area contributed by atoms with Crippen LogP contribution < -0.4 is 10.2 Å². The van der Waals surface area contributed by atoms with Crippen LogP contribution in [0.15, 0.2) is 22.7 Å². The molecule has 2 aliphatic rings. The predicted octanol–water partition coefficient (Wildman–Crippen LogP) is 1.38. The normalized spacial score (nSPS) is 23.5. The highest BCUT2D eigenvalue weighted by atomic mass is 79.9. The number of amides is 1. The summed E-state index contributed by atoms with van der Waals surface area (Å²) in [6.07, 6.45) is 0. The highest BCUT2D eigenvalue weighted by Crippen LogP contribution is 2.26. The van der Waals surface area contributed by atoms with E-state index in [9.17, 15) is 4.79 Å². The van der Waals surface area contributed by atoms with Crippen LogP contribution >= 0.6 is 15.9 Å². The van der Waals surface area contributed by atoms with Crippen LogP contribution in [0.2, 0.25) is 0 Å². The maximum Gasteiger partial charge on any atom is 0.236 e. The molecule has 2 saturated heterocycles. The zero-order valence-electron chi connectivity index (χ0n) is 11.0. The van der Waals surface area contributed by atoms with E-state index >= 15 is 0 Å². The average molecular weight is 324 g/mol. The average Bonchev–Trinajstić information content (AvgIpc) is 2.38. The number of carbonyl (C=O) groups excluding carboxylic acids is 1. The van der Waals surface area contributed by atoms with Crippen molar-refractivity contribution >= 4 is 27.5 Å². The summed E-state index contributed by atoms with van der Waals surface area (Å²) in [4.78, 5) is 16.2. The molecule has 5 heteroatoms. The first-order chi connectivity index (χ1) is 9.15. The summed E-state index contributed by atoms with van der Waals surface area (Å²) in [6, 6.07) is 6.69. The lowest BCUT2D eigenvalue weighted by Crippen LogP contribution is -2.63. The van der Waals surface area contributed by atoms with E-state index in [-0.39, 0.29) is 5.91 Å². The Hall–Kier alpha value is -1.07. The Kier molecular flexibility index (Phi) is 3.50. The summed E-state index contributed by atoms with van der Waals surface area (Å²) in [5.41, 5.74) is 2.55. The van der Waals surface area contributed by atoms with Crippen molar-refractivity contribution < 1.29 is 4.79 Å². The van der Waals surface area contributed by atoms with Gasteiger partial charge in [-0.2, -0.15) is 0 Å². The molecule has 1 atom stereocenters. The molecule has 1 unspecified atom stereocenters. The van der Waals surface area contributed by atoms with Crippen LogP contribution in [0.5, 0.6) is 0 Å². The first-order valence-corrected chi connectivity index (χ1v) is 7.46. The van der Waals surface area contributed by atoms with Crippen molar-refractivity contribution in [3.05, 3.63) is 28.2 Å². The second kappa shape index (κ2) is 5.13. The third-order valence-electron chi connectivity index (χ3n) is 3.96. The maximum absolute atomic E-state index is 11.8.